The fourth-order valence-electron chi connectivity index (χ4n) is 4.73. The maximum absolute atomic E-state index is 12.6. The van der Waals surface area contributed by atoms with Crippen molar-refractivity contribution in [1.82, 2.24) is 9.78 Å². The number of benzene rings is 1. The van der Waals surface area contributed by atoms with Crippen LogP contribution in [0.25, 0.3) is 0 Å². The van der Waals surface area contributed by atoms with Crippen LogP contribution in [0.5, 0.6) is 5.75 Å². The molecule has 2 aliphatic heterocycles. The molecule has 2 aromatic rings. The molecule has 1 saturated carbocycles. The van der Waals surface area contributed by atoms with Gasteiger partial charge < -0.3 is 20.3 Å². The van der Waals surface area contributed by atoms with E-state index in [9.17, 15) is 9.59 Å². The van der Waals surface area contributed by atoms with Crippen molar-refractivity contribution in [3.8, 4) is 5.75 Å². The maximum atomic E-state index is 12.6. The number of hydrogen-bond donors (Lipinski definition) is 2. The summed E-state index contributed by atoms with van der Waals surface area (Å²) in [5, 5.41) is 10.6. The first kappa shape index (κ1) is 19.0. The zero-order valence-corrected chi connectivity index (χ0v) is 17.4. The third-order valence-corrected chi connectivity index (χ3v) is 6.54. The van der Waals surface area contributed by atoms with Gasteiger partial charge in [0.25, 0.3) is 5.56 Å². The van der Waals surface area contributed by atoms with Gasteiger partial charge in [-0.15, -0.1) is 0 Å². The summed E-state index contributed by atoms with van der Waals surface area (Å²) in [4.78, 5) is 27.5. The quantitative estimate of drug-likeness (QED) is 0.807. The highest BCUT2D eigenvalue weighted by atomic mass is 16.5. The summed E-state index contributed by atoms with van der Waals surface area (Å²) < 4.78 is 6.88. The van der Waals surface area contributed by atoms with Crippen LogP contribution in [0.4, 0.5) is 17.2 Å². The molecule has 1 aromatic carbocycles. The van der Waals surface area contributed by atoms with Crippen molar-refractivity contribution < 1.29 is 9.53 Å². The monoisotopic (exact) mass is 409 g/mol. The van der Waals surface area contributed by atoms with Crippen molar-refractivity contribution >= 4 is 23.1 Å². The molecule has 1 atom stereocenters. The number of nitrogens with zero attached hydrogens (tertiary/aromatic N) is 3. The van der Waals surface area contributed by atoms with Crippen molar-refractivity contribution in [2.75, 3.05) is 28.6 Å². The number of aromatic nitrogens is 2. The van der Waals surface area contributed by atoms with Gasteiger partial charge in [-0.2, -0.15) is 5.10 Å². The largest absolute Gasteiger partial charge is 0.469 e. The van der Waals surface area contributed by atoms with Gasteiger partial charge in [-0.1, -0.05) is 6.42 Å². The Kier molecular flexibility index (Phi) is 4.45. The summed E-state index contributed by atoms with van der Waals surface area (Å²) in [6.45, 7) is 5.53. The van der Waals surface area contributed by atoms with Crippen LogP contribution < -0.4 is 25.8 Å². The molecule has 1 amide bonds. The highest BCUT2D eigenvalue weighted by Gasteiger charge is 2.43. The molecule has 5 rings (SSSR count). The lowest BCUT2D eigenvalue weighted by Gasteiger charge is -2.38. The molecule has 3 aliphatic rings. The number of fused-ring (bicyclic) bond motifs is 1. The lowest BCUT2D eigenvalue weighted by Crippen LogP contribution is -2.36. The zero-order chi connectivity index (χ0) is 20.9. The minimum atomic E-state index is -0.287. The van der Waals surface area contributed by atoms with Crippen LogP contribution >= 0.6 is 0 Å². The van der Waals surface area contributed by atoms with E-state index in [2.05, 4.69) is 20.6 Å². The van der Waals surface area contributed by atoms with Crippen molar-refractivity contribution in [2.24, 2.45) is 5.41 Å². The van der Waals surface area contributed by atoms with Gasteiger partial charge in [0, 0.05) is 24.3 Å². The summed E-state index contributed by atoms with van der Waals surface area (Å²) >= 11 is 0. The van der Waals surface area contributed by atoms with Crippen molar-refractivity contribution in [2.45, 2.75) is 52.3 Å². The van der Waals surface area contributed by atoms with Crippen LogP contribution in [0.1, 0.15) is 38.2 Å². The second kappa shape index (κ2) is 7.04. The zero-order valence-electron chi connectivity index (χ0n) is 17.4. The van der Waals surface area contributed by atoms with Gasteiger partial charge in [0.2, 0.25) is 5.91 Å². The molecule has 1 aliphatic carbocycles. The highest BCUT2D eigenvalue weighted by Crippen LogP contribution is 2.48. The Morgan fingerprint density at radius 2 is 2.17 bits per heavy atom. The summed E-state index contributed by atoms with van der Waals surface area (Å²) in [6, 6.07) is 7.29. The van der Waals surface area contributed by atoms with Crippen LogP contribution in [0, 0.1) is 12.3 Å². The molecule has 0 radical (unpaired) electrons. The minimum Gasteiger partial charge on any atom is -0.469 e. The average Bonchev–Trinajstić information content (AvgIpc) is 3.28. The molecule has 1 saturated heterocycles. The van der Waals surface area contributed by atoms with E-state index >= 15 is 0 Å². The molecule has 0 bridgehead atoms. The number of amides is 1. The van der Waals surface area contributed by atoms with Gasteiger partial charge in [0.1, 0.15) is 18.1 Å². The molecule has 8 heteroatoms. The van der Waals surface area contributed by atoms with Crippen LogP contribution in [-0.4, -0.2) is 35.0 Å². The lowest BCUT2D eigenvalue weighted by atomic mass is 9.68. The predicted octanol–water partition coefficient (Wildman–Crippen LogP) is 2.72. The Morgan fingerprint density at radius 3 is 2.90 bits per heavy atom. The smallest absolute Gasteiger partial charge is 0.270 e. The fourth-order valence-corrected chi connectivity index (χ4v) is 4.73. The Bertz CT molecular complexity index is 1060. The molecule has 8 nitrogen and oxygen atoms in total. The van der Waals surface area contributed by atoms with Crippen LogP contribution in [-0.2, 0) is 11.3 Å². The Labute approximate surface area is 175 Å². The normalized spacial score (nSPS) is 21.0. The third-order valence-electron chi connectivity index (χ3n) is 6.54. The van der Waals surface area contributed by atoms with E-state index in [-0.39, 0.29) is 24.2 Å². The van der Waals surface area contributed by atoms with E-state index in [1.54, 1.807) is 13.0 Å². The molecule has 1 spiro atoms. The van der Waals surface area contributed by atoms with Gasteiger partial charge in [0.05, 0.1) is 5.69 Å². The van der Waals surface area contributed by atoms with Crippen molar-refractivity contribution in [3.05, 3.63) is 40.2 Å². The van der Waals surface area contributed by atoms with Crippen LogP contribution in [0.2, 0.25) is 0 Å². The summed E-state index contributed by atoms with van der Waals surface area (Å²) in [7, 11) is 0. The molecule has 2 N–H and O–H groups in total. The minimum absolute atomic E-state index is 0.0934. The predicted molar refractivity (Wildman–Crippen MR) is 115 cm³/mol. The van der Waals surface area contributed by atoms with Crippen molar-refractivity contribution in [1.29, 1.82) is 0 Å². The third kappa shape index (κ3) is 3.40. The number of anilines is 3. The Balaban J connectivity index is 1.31. The molecular formula is C22H27N5O3. The molecule has 3 heterocycles. The molecule has 1 unspecified atom stereocenters. The first-order valence-corrected chi connectivity index (χ1v) is 10.6. The Hall–Kier alpha value is -3.03. The molecule has 30 heavy (non-hydrogen) atoms. The highest BCUT2D eigenvalue weighted by molar-refractivity contribution is 5.91. The Morgan fingerprint density at radius 1 is 1.33 bits per heavy atom. The van der Waals surface area contributed by atoms with E-state index in [0.717, 1.165) is 30.3 Å². The molecular weight excluding hydrogens is 382 g/mol. The average molecular weight is 409 g/mol. The van der Waals surface area contributed by atoms with E-state index < -0.39 is 0 Å². The second-order valence-corrected chi connectivity index (χ2v) is 8.84. The van der Waals surface area contributed by atoms with Gasteiger partial charge in [-0.3, -0.25) is 9.59 Å². The van der Waals surface area contributed by atoms with E-state index in [4.69, 9.17) is 4.74 Å². The number of nitrogens with one attached hydrogen (secondary N) is 2. The van der Waals surface area contributed by atoms with E-state index in [1.165, 1.54) is 30.4 Å². The SMILES string of the molecule is Cc1cc(N2CCC3(CCC3)C2)nn(CC(=O)Nc2ccc3c(c2)NC(C)O3)c1=O. The fraction of sp³-hybridized carbons (Fsp3) is 0.500. The topological polar surface area (TPSA) is 88.5 Å². The maximum Gasteiger partial charge on any atom is 0.270 e. The summed E-state index contributed by atoms with van der Waals surface area (Å²) in [5.74, 6) is 1.26. The van der Waals surface area contributed by atoms with E-state index in [1.807, 2.05) is 25.1 Å². The number of rotatable bonds is 4. The summed E-state index contributed by atoms with van der Waals surface area (Å²) in [5.41, 5.74) is 2.31. The van der Waals surface area contributed by atoms with Gasteiger partial charge in [0.15, 0.2) is 6.23 Å². The van der Waals surface area contributed by atoms with Crippen molar-refractivity contribution in [3.63, 3.8) is 0 Å². The second-order valence-electron chi connectivity index (χ2n) is 8.84. The number of aryl methyl sites for hydroxylation is 1. The number of carbonyl (C=O) groups excluding carboxylic acids is 1. The molecule has 158 valence electrons. The van der Waals surface area contributed by atoms with Crippen LogP contribution in [0.15, 0.2) is 29.1 Å². The number of carbonyl (C=O) groups is 1. The first-order chi connectivity index (χ1) is 14.4. The van der Waals surface area contributed by atoms with E-state index in [0.29, 0.717) is 16.7 Å². The van der Waals surface area contributed by atoms with Crippen LogP contribution in [0.3, 0.4) is 0 Å². The van der Waals surface area contributed by atoms with Gasteiger partial charge in [-0.25, -0.2) is 4.68 Å². The first-order valence-electron chi connectivity index (χ1n) is 10.6. The van der Waals surface area contributed by atoms with Gasteiger partial charge in [-0.05, 0) is 62.8 Å². The molecule has 1 aromatic heterocycles. The lowest BCUT2D eigenvalue weighted by molar-refractivity contribution is -0.117. The van der Waals surface area contributed by atoms with Gasteiger partial charge >= 0.3 is 0 Å². The standard InChI is InChI=1S/C22H27N5O3/c1-14-10-19(26-9-8-22(13-26)6-3-7-22)25-27(21(14)29)12-20(28)24-16-4-5-18-17(11-16)23-15(2)30-18/h4-5,10-11,15,23H,3,6-9,12-13H2,1-2H3,(H,24,28). The molecule has 2 fully saturated rings. The number of hydrogen-bond acceptors (Lipinski definition) is 6. The number of ether oxygens (including phenoxy) is 1. The summed E-state index contributed by atoms with van der Waals surface area (Å²) in [6.07, 6.45) is 4.96.